The molecular formula is C16H25N3O2S. The molecule has 22 heavy (non-hydrogen) atoms. The van der Waals surface area contributed by atoms with Gasteiger partial charge in [0, 0.05) is 29.7 Å². The van der Waals surface area contributed by atoms with Crippen molar-refractivity contribution in [2.75, 3.05) is 18.8 Å². The molecule has 1 aliphatic carbocycles. The molecule has 2 heterocycles. The van der Waals surface area contributed by atoms with Crippen LogP contribution in [0.3, 0.4) is 0 Å². The van der Waals surface area contributed by atoms with Gasteiger partial charge in [-0.25, -0.2) is 4.79 Å². The zero-order valence-corrected chi connectivity index (χ0v) is 14.1. The first-order chi connectivity index (χ1) is 10.7. The van der Waals surface area contributed by atoms with Gasteiger partial charge in [0.1, 0.15) is 0 Å². The summed E-state index contributed by atoms with van der Waals surface area (Å²) in [6, 6.07) is 1.94. The molecule has 5 nitrogen and oxygen atoms in total. The molecule has 1 aromatic rings. The quantitative estimate of drug-likeness (QED) is 0.928. The number of nitrogens with zero attached hydrogens (tertiary/aromatic N) is 2. The number of thioether (sulfide) groups is 1. The maximum atomic E-state index is 12.4. The number of nitrogens with one attached hydrogen (secondary N) is 1. The molecule has 6 heteroatoms. The standard InChI is InChI=1S/C16H25N3O2S/c1-2-13-10-14(21-18-13)11-17-15(20)19-8-9-22-16(12-19)6-4-3-5-7-16/h10H,2-9,11-12H2,1H3,(H,17,20). The Morgan fingerprint density at radius 2 is 2.27 bits per heavy atom. The summed E-state index contributed by atoms with van der Waals surface area (Å²) in [7, 11) is 0. The first-order valence-corrected chi connectivity index (χ1v) is 9.30. The number of aryl methyl sites for hydroxylation is 1. The van der Waals surface area contributed by atoms with Crippen LogP contribution in [0.4, 0.5) is 4.79 Å². The van der Waals surface area contributed by atoms with Crippen LogP contribution in [0.2, 0.25) is 0 Å². The van der Waals surface area contributed by atoms with Crippen molar-refractivity contribution in [1.29, 1.82) is 0 Å². The number of hydrogen-bond donors (Lipinski definition) is 1. The third-order valence-corrected chi connectivity index (χ3v) is 6.22. The highest BCUT2D eigenvalue weighted by Crippen LogP contribution is 2.42. The maximum absolute atomic E-state index is 12.4. The van der Waals surface area contributed by atoms with E-state index < -0.39 is 0 Å². The lowest BCUT2D eigenvalue weighted by atomic mass is 9.87. The van der Waals surface area contributed by atoms with Crippen molar-refractivity contribution in [2.24, 2.45) is 0 Å². The molecule has 0 radical (unpaired) electrons. The average molecular weight is 323 g/mol. The topological polar surface area (TPSA) is 58.4 Å². The Bertz CT molecular complexity index is 506. The lowest BCUT2D eigenvalue weighted by Gasteiger charge is -2.44. The average Bonchev–Trinajstić information content (AvgIpc) is 3.01. The van der Waals surface area contributed by atoms with Crippen molar-refractivity contribution in [3.05, 3.63) is 17.5 Å². The predicted molar refractivity (Wildman–Crippen MR) is 88.0 cm³/mol. The minimum Gasteiger partial charge on any atom is -0.359 e. The van der Waals surface area contributed by atoms with E-state index in [2.05, 4.69) is 22.2 Å². The third-order valence-electron chi connectivity index (χ3n) is 4.68. The van der Waals surface area contributed by atoms with Crippen molar-refractivity contribution in [1.82, 2.24) is 15.4 Å². The van der Waals surface area contributed by atoms with E-state index in [0.29, 0.717) is 11.3 Å². The molecule has 0 bridgehead atoms. The Kier molecular flexibility index (Phi) is 4.96. The fourth-order valence-corrected chi connectivity index (χ4v) is 4.97. The van der Waals surface area contributed by atoms with Gasteiger partial charge in [0.05, 0.1) is 12.2 Å². The van der Waals surface area contributed by atoms with Crippen LogP contribution in [0, 0.1) is 0 Å². The minimum absolute atomic E-state index is 0.0275. The summed E-state index contributed by atoms with van der Waals surface area (Å²) in [6.07, 6.45) is 7.32. The number of aromatic nitrogens is 1. The maximum Gasteiger partial charge on any atom is 0.317 e. The van der Waals surface area contributed by atoms with Crippen LogP contribution >= 0.6 is 11.8 Å². The van der Waals surface area contributed by atoms with Gasteiger partial charge in [-0.2, -0.15) is 11.8 Å². The largest absolute Gasteiger partial charge is 0.359 e. The van der Waals surface area contributed by atoms with Gasteiger partial charge >= 0.3 is 6.03 Å². The third kappa shape index (κ3) is 3.59. The van der Waals surface area contributed by atoms with Gasteiger partial charge in [-0.15, -0.1) is 0 Å². The van der Waals surface area contributed by atoms with E-state index >= 15 is 0 Å². The second-order valence-corrected chi connectivity index (χ2v) is 7.87. The van der Waals surface area contributed by atoms with Crippen LogP contribution in [0.5, 0.6) is 0 Å². The highest BCUT2D eigenvalue weighted by molar-refractivity contribution is 8.00. The monoisotopic (exact) mass is 323 g/mol. The molecule has 3 rings (SSSR count). The zero-order valence-electron chi connectivity index (χ0n) is 13.3. The summed E-state index contributed by atoms with van der Waals surface area (Å²) in [5.74, 6) is 1.78. The Morgan fingerprint density at radius 3 is 3.00 bits per heavy atom. The summed E-state index contributed by atoms with van der Waals surface area (Å²) in [6.45, 7) is 4.19. The normalized spacial score (nSPS) is 21.0. The lowest BCUT2D eigenvalue weighted by molar-refractivity contribution is 0.183. The smallest absolute Gasteiger partial charge is 0.317 e. The molecule has 1 saturated carbocycles. The van der Waals surface area contributed by atoms with E-state index in [1.807, 2.05) is 17.9 Å². The highest BCUT2D eigenvalue weighted by atomic mass is 32.2. The molecule has 1 N–H and O–H groups in total. The fourth-order valence-electron chi connectivity index (χ4n) is 3.40. The van der Waals surface area contributed by atoms with Crippen molar-refractivity contribution >= 4 is 17.8 Å². The number of carbonyl (C=O) groups excluding carboxylic acids is 1. The fraction of sp³-hybridized carbons (Fsp3) is 0.750. The van der Waals surface area contributed by atoms with Crippen LogP contribution in [0.15, 0.2) is 10.6 Å². The number of amides is 2. The Hall–Kier alpha value is -1.17. The van der Waals surface area contributed by atoms with Crippen molar-refractivity contribution < 1.29 is 9.32 Å². The van der Waals surface area contributed by atoms with Gasteiger partial charge in [0.2, 0.25) is 0 Å². The Morgan fingerprint density at radius 1 is 1.45 bits per heavy atom. The van der Waals surface area contributed by atoms with E-state index in [4.69, 9.17) is 4.52 Å². The minimum atomic E-state index is 0.0275. The van der Waals surface area contributed by atoms with Crippen LogP contribution in [-0.2, 0) is 13.0 Å². The molecule has 2 fully saturated rings. The molecule has 1 aliphatic heterocycles. The van der Waals surface area contributed by atoms with E-state index in [1.54, 1.807) is 0 Å². The Balaban J connectivity index is 1.53. The SMILES string of the molecule is CCc1cc(CNC(=O)N2CCSC3(CCCCC3)C2)on1. The molecule has 1 saturated heterocycles. The molecule has 122 valence electrons. The van der Waals surface area contributed by atoms with Crippen molar-refractivity contribution in [3.63, 3.8) is 0 Å². The second kappa shape index (κ2) is 6.94. The van der Waals surface area contributed by atoms with E-state index in [1.165, 1.54) is 32.1 Å². The molecule has 0 unspecified atom stereocenters. The van der Waals surface area contributed by atoms with Gasteiger partial charge in [0.25, 0.3) is 0 Å². The van der Waals surface area contributed by atoms with Crippen LogP contribution in [-0.4, -0.2) is 39.7 Å². The van der Waals surface area contributed by atoms with E-state index in [0.717, 1.165) is 36.7 Å². The lowest BCUT2D eigenvalue weighted by Crippen LogP contribution is -2.52. The van der Waals surface area contributed by atoms with Gasteiger partial charge in [0.15, 0.2) is 5.76 Å². The summed E-state index contributed by atoms with van der Waals surface area (Å²) in [5, 5.41) is 6.92. The van der Waals surface area contributed by atoms with Gasteiger partial charge < -0.3 is 14.7 Å². The number of carbonyl (C=O) groups is 1. The first kappa shape index (κ1) is 15.7. The number of hydrogen-bond acceptors (Lipinski definition) is 4. The van der Waals surface area contributed by atoms with Crippen molar-refractivity contribution in [2.45, 2.75) is 56.7 Å². The predicted octanol–water partition coefficient (Wildman–Crippen LogP) is 3.20. The number of urea groups is 1. The summed E-state index contributed by atoms with van der Waals surface area (Å²) < 4.78 is 5.53. The van der Waals surface area contributed by atoms with Gasteiger partial charge in [-0.05, 0) is 19.3 Å². The van der Waals surface area contributed by atoms with Crippen LogP contribution in [0.25, 0.3) is 0 Å². The van der Waals surface area contributed by atoms with Crippen molar-refractivity contribution in [3.8, 4) is 0 Å². The van der Waals surface area contributed by atoms with E-state index in [-0.39, 0.29) is 6.03 Å². The van der Waals surface area contributed by atoms with Gasteiger partial charge in [-0.3, -0.25) is 0 Å². The molecule has 0 aromatic carbocycles. The molecule has 1 aromatic heterocycles. The number of rotatable bonds is 3. The highest BCUT2D eigenvalue weighted by Gasteiger charge is 2.38. The van der Waals surface area contributed by atoms with E-state index in [9.17, 15) is 4.79 Å². The summed E-state index contributed by atoms with van der Waals surface area (Å²) in [4.78, 5) is 14.4. The zero-order chi connectivity index (χ0) is 15.4. The summed E-state index contributed by atoms with van der Waals surface area (Å²) in [5.41, 5.74) is 0.930. The van der Waals surface area contributed by atoms with Gasteiger partial charge in [-0.1, -0.05) is 31.3 Å². The second-order valence-electron chi connectivity index (χ2n) is 6.31. The molecule has 0 atom stereocenters. The molecule has 1 spiro atoms. The van der Waals surface area contributed by atoms with Crippen LogP contribution < -0.4 is 5.32 Å². The Labute approximate surface area is 136 Å². The summed E-state index contributed by atoms with van der Waals surface area (Å²) >= 11 is 2.08. The molecule has 2 amide bonds. The molecular weight excluding hydrogens is 298 g/mol. The van der Waals surface area contributed by atoms with Crippen LogP contribution in [0.1, 0.15) is 50.5 Å². The first-order valence-electron chi connectivity index (χ1n) is 8.32. The molecule has 2 aliphatic rings.